The van der Waals surface area contributed by atoms with E-state index in [1.165, 1.54) is 4.90 Å². The third-order valence-electron chi connectivity index (χ3n) is 7.83. The summed E-state index contributed by atoms with van der Waals surface area (Å²) >= 11 is 0. The molecule has 2 aromatic carbocycles. The summed E-state index contributed by atoms with van der Waals surface area (Å²) in [6, 6.07) is 12.3. The van der Waals surface area contributed by atoms with Gasteiger partial charge in [0.15, 0.2) is 0 Å². The fourth-order valence-corrected chi connectivity index (χ4v) is 5.59. The highest BCUT2D eigenvalue weighted by Gasteiger charge is 2.60. The van der Waals surface area contributed by atoms with Crippen LogP contribution in [0.2, 0.25) is 0 Å². The van der Waals surface area contributed by atoms with E-state index >= 15 is 0 Å². The van der Waals surface area contributed by atoms with E-state index in [9.17, 15) is 14.7 Å². The zero-order chi connectivity index (χ0) is 25.8. The summed E-state index contributed by atoms with van der Waals surface area (Å²) in [4.78, 5) is 36.6. The largest absolute Gasteiger partial charge is 0.508 e. The van der Waals surface area contributed by atoms with Gasteiger partial charge in [-0.1, -0.05) is 12.1 Å². The second kappa shape index (κ2) is 8.85. The molecule has 190 valence electrons. The molecule has 1 aromatic heterocycles. The summed E-state index contributed by atoms with van der Waals surface area (Å²) in [7, 11) is 3.68. The van der Waals surface area contributed by atoms with E-state index in [1.807, 2.05) is 38.2 Å². The Hall–Kier alpha value is -3.52. The van der Waals surface area contributed by atoms with Crippen LogP contribution in [0.1, 0.15) is 50.1 Å². The van der Waals surface area contributed by atoms with Crippen LogP contribution in [0.15, 0.2) is 42.5 Å². The number of methoxy groups -OCH3 is 1. The number of ether oxygens (including phenoxy) is 1. The minimum Gasteiger partial charge on any atom is -0.508 e. The predicted octanol–water partition coefficient (Wildman–Crippen LogP) is 4.28. The lowest BCUT2D eigenvalue weighted by atomic mass is 9.81. The Morgan fingerprint density at radius 2 is 2.00 bits per heavy atom. The normalized spacial score (nSPS) is 21.6. The molecule has 2 N–H and O–H groups in total. The summed E-state index contributed by atoms with van der Waals surface area (Å²) in [6.07, 6.45) is 1.11. The van der Waals surface area contributed by atoms with Crippen molar-refractivity contribution in [3.8, 4) is 11.5 Å². The molecule has 3 amide bonds. The molecule has 1 fully saturated rings. The van der Waals surface area contributed by atoms with Gasteiger partial charge in [-0.2, -0.15) is 0 Å². The van der Waals surface area contributed by atoms with Crippen LogP contribution in [0.3, 0.4) is 0 Å². The van der Waals surface area contributed by atoms with E-state index in [0.29, 0.717) is 25.4 Å². The fraction of sp³-hybridized carbons (Fsp3) is 0.429. The van der Waals surface area contributed by atoms with Gasteiger partial charge in [-0.15, -0.1) is 0 Å². The van der Waals surface area contributed by atoms with Gasteiger partial charge in [0.05, 0.1) is 7.11 Å². The molecular formula is C28H34N4O4. The Kier molecular flexibility index (Phi) is 5.95. The van der Waals surface area contributed by atoms with Gasteiger partial charge >= 0.3 is 6.03 Å². The average Bonchev–Trinajstić information content (AvgIpc) is 3.29. The second-order valence-corrected chi connectivity index (χ2v) is 10.4. The number of nitrogens with one attached hydrogen (secondary N) is 1. The molecule has 5 rings (SSSR count). The monoisotopic (exact) mass is 490 g/mol. The number of imide groups is 1. The van der Waals surface area contributed by atoms with Crippen molar-refractivity contribution in [3.63, 3.8) is 0 Å². The first kappa shape index (κ1) is 24.2. The van der Waals surface area contributed by atoms with Gasteiger partial charge in [-0.3, -0.25) is 14.6 Å². The van der Waals surface area contributed by atoms with Crippen LogP contribution in [0.5, 0.6) is 11.5 Å². The molecule has 1 saturated heterocycles. The number of rotatable bonds is 7. The smallest absolute Gasteiger partial charge is 0.328 e. The topological polar surface area (TPSA) is 89.1 Å². The van der Waals surface area contributed by atoms with Crippen molar-refractivity contribution in [1.29, 1.82) is 0 Å². The van der Waals surface area contributed by atoms with Crippen LogP contribution < -0.4 is 4.74 Å². The number of amides is 3. The van der Waals surface area contributed by atoms with Crippen LogP contribution in [-0.2, 0) is 11.2 Å². The molecule has 0 aliphatic carbocycles. The Morgan fingerprint density at radius 1 is 1.22 bits per heavy atom. The van der Waals surface area contributed by atoms with Crippen molar-refractivity contribution in [1.82, 2.24) is 19.7 Å². The van der Waals surface area contributed by atoms with Crippen LogP contribution in [-0.4, -0.2) is 75.6 Å². The molecule has 0 saturated carbocycles. The van der Waals surface area contributed by atoms with Gasteiger partial charge in [0.2, 0.25) is 0 Å². The van der Waals surface area contributed by atoms with Crippen molar-refractivity contribution < 1.29 is 19.4 Å². The van der Waals surface area contributed by atoms with E-state index in [4.69, 9.17) is 4.74 Å². The Balaban J connectivity index is 1.60. The van der Waals surface area contributed by atoms with E-state index in [-0.39, 0.29) is 17.7 Å². The number of benzene rings is 2. The summed E-state index contributed by atoms with van der Waals surface area (Å²) in [5.74, 6) is 0.675. The van der Waals surface area contributed by atoms with Crippen molar-refractivity contribution in [3.05, 3.63) is 59.3 Å². The number of carbonyl (C=O) groups is 2. The maximum atomic E-state index is 13.9. The Morgan fingerprint density at radius 3 is 2.69 bits per heavy atom. The first-order valence-electron chi connectivity index (χ1n) is 12.5. The van der Waals surface area contributed by atoms with Crippen LogP contribution in [0.4, 0.5) is 4.79 Å². The number of aromatic hydroxyl groups is 1. The highest BCUT2D eigenvalue weighted by molar-refractivity contribution is 6.08. The lowest BCUT2D eigenvalue weighted by molar-refractivity contribution is -0.133. The number of urea groups is 1. The second-order valence-electron chi connectivity index (χ2n) is 10.4. The molecule has 8 nitrogen and oxygen atoms in total. The number of fused-ring (bicyclic) bond motifs is 4. The van der Waals surface area contributed by atoms with Gasteiger partial charge in [0, 0.05) is 35.6 Å². The van der Waals surface area contributed by atoms with Crippen molar-refractivity contribution in [2.24, 2.45) is 0 Å². The predicted molar refractivity (Wildman–Crippen MR) is 138 cm³/mol. The van der Waals surface area contributed by atoms with Gasteiger partial charge in [-0.05, 0) is 82.2 Å². The van der Waals surface area contributed by atoms with Crippen molar-refractivity contribution in [2.45, 2.75) is 51.2 Å². The van der Waals surface area contributed by atoms with E-state index in [0.717, 1.165) is 40.0 Å². The number of aromatic amines is 1. The molecule has 0 radical (unpaired) electrons. The van der Waals surface area contributed by atoms with Gasteiger partial charge in [0.1, 0.15) is 23.1 Å². The van der Waals surface area contributed by atoms with Crippen molar-refractivity contribution >= 4 is 22.8 Å². The molecule has 2 aliphatic rings. The molecule has 36 heavy (non-hydrogen) atoms. The Labute approximate surface area is 211 Å². The van der Waals surface area contributed by atoms with Crippen LogP contribution >= 0.6 is 0 Å². The molecule has 3 aromatic rings. The maximum absolute atomic E-state index is 13.9. The number of carbonyl (C=O) groups excluding carboxylic acids is 2. The summed E-state index contributed by atoms with van der Waals surface area (Å²) in [5, 5.41) is 11.3. The number of hydrogen-bond acceptors (Lipinski definition) is 5. The zero-order valence-electron chi connectivity index (χ0n) is 21.5. The molecule has 0 spiro atoms. The highest BCUT2D eigenvalue weighted by atomic mass is 16.5. The number of hydrogen-bond donors (Lipinski definition) is 2. The first-order valence-corrected chi connectivity index (χ1v) is 12.5. The van der Waals surface area contributed by atoms with Gasteiger partial charge < -0.3 is 19.7 Å². The van der Waals surface area contributed by atoms with Gasteiger partial charge in [0.25, 0.3) is 5.91 Å². The van der Waals surface area contributed by atoms with Crippen LogP contribution in [0, 0.1) is 0 Å². The van der Waals surface area contributed by atoms with E-state index in [1.54, 1.807) is 30.2 Å². The first-order chi connectivity index (χ1) is 17.2. The molecule has 8 heteroatoms. The molecule has 2 atom stereocenters. The highest BCUT2D eigenvalue weighted by Crippen LogP contribution is 2.49. The van der Waals surface area contributed by atoms with Crippen LogP contribution in [0.25, 0.3) is 10.9 Å². The third-order valence-corrected chi connectivity index (χ3v) is 7.83. The van der Waals surface area contributed by atoms with E-state index in [2.05, 4.69) is 23.7 Å². The SMILES string of the molecule is COc1ccc2[nH]c3c(c2c1)C[C@@]1(C)C(=O)N(CCCN(C)C(C)C)C(=O)N1[C@@H]3c1cccc(O)c1. The Bertz CT molecular complexity index is 1330. The molecule has 0 bridgehead atoms. The minimum absolute atomic E-state index is 0.116. The molecule has 3 heterocycles. The number of nitrogens with zero attached hydrogens (tertiary/aromatic N) is 3. The lowest BCUT2D eigenvalue weighted by Crippen LogP contribution is -2.53. The third kappa shape index (κ3) is 3.71. The number of H-pyrrole nitrogens is 1. The maximum Gasteiger partial charge on any atom is 0.328 e. The lowest BCUT2D eigenvalue weighted by Gasteiger charge is -2.42. The van der Waals surface area contributed by atoms with Gasteiger partial charge in [-0.25, -0.2) is 4.79 Å². The average molecular weight is 491 g/mol. The number of phenols is 1. The van der Waals surface area contributed by atoms with Crippen molar-refractivity contribution in [2.75, 3.05) is 27.2 Å². The van der Waals surface area contributed by atoms with E-state index < -0.39 is 11.6 Å². The molecule has 2 aliphatic heterocycles. The summed E-state index contributed by atoms with van der Waals surface area (Å²) in [6.45, 7) is 7.28. The number of aromatic nitrogens is 1. The molecule has 0 unspecified atom stereocenters. The summed E-state index contributed by atoms with van der Waals surface area (Å²) < 4.78 is 5.47. The zero-order valence-corrected chi connectivity index (χ0v) is 21.5. The summed E-state index contributed by atoms with van der Waals surface area (Å²) in [5.41, 5.74) is 2.50. The minimum atomic E-state index is -1.04. The number of phenolic OH excluding ortho intramolecular Hbond substituents is 1. The standard InChI is InChI=1S/C28H34N4O4/c1-17(2)30(4)12-7-13-31-26(34)28(3)16-22-21-15-20(36-5)10-11-23(21)29-24(22)25(32(28)27(31)35)18-8-6-9-19(33)14-18/h6,8-11,14-15,17,25,29,33H,7,12-13,16H2,1-5H3/t25-,28+/m1/s1. The quantitative estimate of drug-likeness (QED) is 0.483. The fourth-order valence-electron chi connectivity index (χ4n) is 5.59. The molecular weight excluding hydrogens is 456 g/mol.